The second kappa shape index (κ2) is 9.52. The molecule has 4 nitrogen and oxygen atoms in total. The average molecular weight is 339 g/mol. The normalized spacial score (nSPS) is 10.2. The Balaban J connectivity index is 2.13. The summed E-state index contributed by atoms with van der Waals surface area (Å²) in [5, 5.41) is 2.92. The number of ether oxygens (including phenoxy) is 2. The highest BCUT2D eigenvalue weighted by molar-refractivity contribution is 6.06. The minimum atomic E-state index is -0.233. The van der Waals surface area contributed by atoms with E-state index >= 15 is 0 Å². The molecule has 0 heterocycles. The molecule has 2 aromatic carbocycles. The van der Waals surface area contributed by atoms with Crippen LogP contribution >= 0.6 is 0 Å². The molecule has 0 aliphatic heterocycles. The van der Waals surface area contributed by atoms with E-state index in [1.807, 2.05) is 43.3 Å². The summed E-state index contributed by atoms with van der Waals surface area (Å²) in [5.41, 5.74) is 2.02. The van der Waals surface area contributed by atoms with Crippen molar-refractivity contribution in [3.8, 4) is 11.5 Å². The molecule has 1 N–H and O–H groups in total. The summed E-state index contributed by atoms with van der Waals surface area (Å²) in [5.74, 6) is 0.973. The molecule has 0 saturated heterocycles. The van der Waals surface area contributed by atoms with E-state index in [0.717, 1.165) is 18.4 Å². The van der Waals surface area contributed by atoms with Crippen molar-refractivity contribution in [1.82, 2.24) is 0 Å². The number of nitrogens with one attached hydrogen (secondary N) is 1. The molecular weight excluding hydrogens is 314 g/mol. The molecule has 2 rings (SSSR count). The summed E-state index contributed by atoms with van der Waals surface area (Å²) in [6.07, 6.45) is 2.03. The number of amides is 1. The second-order valence-corrected chi connectivity index (χ2v) is 5.89. The number of hydrogen-bond donors (Lipinski definition) is 1. The lowest BCUT2D eigenvalue weighted by atomic mass is 10.1. The second-order valence-electron chi connectivity index (χ2n) is 5.89. The summed E-state index contributed by atoms with van der Waals surface area (Å²) in [6.45, 7) is 8.81. The smallest absolute Gasteiger partial charge is 0.259 e. The van der Waals surface area contributed by atoms with Crippen LogP contribution in [0.3, 0.4) is 0 Å². The van der Waals surface area contributed by atoms with E-state index in [1.54, 1.807) is 12.1 Å². The van der Waals surface area contributed by atoms with Gasteiger partial charge in [-0.2, -0.15) is 0 Å². The van der Waals surface area contributed by atoms with E-state index < -0.39 is 0 Å². The van der Waals surface area contributed by atoms with Crippen LogP contribution in [-0.2, 0) is 0 Å². The van der Waals surface area contributed by atoms with Gasteiger partial charge in [0, 0.05) is 0 Å². The number of carbonyl (C=O) groups excluding carboxylic acids is 1. The number of para-hydroxylation sites is 3. The van der Waals surface area contributed by atoms with Gasteiger partial charge in [-0.15, -0.1) is 0 Å². The maximum Gasteiger partial charge on any atom is 0.259 e. The van der Waals surface area contributed by atoms with Crippen LogP contribution < -0.4 is 14.8 Å². The molecule has 0 saturated carbocycles. The molecule has 2 aromatic rings. The quantitative estimate of drug-likeness (QED) is 0.512. The highest BCUT2D eigenvalue weighted by Crippen LogP contribution is 2.26. The topological polar surface area (TPSA) is 47.6 Å². The van der Waals surface area contributed by atoms with E-state index in [9.17, 15) is 4.79 Å². The highest BCUT2D eigenvalue weighted by Gasteiger charge is 2.14. The van der Waals surface area contributed by atoms with Crippen molar-refractivity contribution in [2.24, 2.45) is 0 Å². The van der Waals surface area contributed by atoms with Crippen LogP contribution in [-0.4, -0.2) is 19.1 Å². The molecule has 0 aromatic heterocycles. The fourth-order valence-electron chi connectivity index (χ4n) is 2.19. The van der Waals surface area contributed by atoms with Crippen LogP contribution in [0.15, 0.2) is 60.7 Å². The fourth-order valence-corrected chi connectivity index (χ4v) is 2.19. The van der Waals surface area contributed by atoms with Crippen LogP contribution in [0.5, 0.6) is 11.5 Å². The summed E-state index contributed by atoms with van der Waals surface area (Å²) in [4.78, 5) is 12.7. The molecule has 0 atom stereocenters. The van der Waals surface area contributed by atoms with E-state index in [-0.39, 0.29) is 5.91 Å². The Bertz CT molecular complexity index is 725. The Morgan fingerprint density at radius 2 is 1.72 bits per heavy atom. The number of anilines is 1. The largest absolute Gasteiger partial charge is 0.491 e. The van der Waals surface area contributed by atoms with Gasteiger partial charge in [0.2, 0.25) is 0 Å². The van der Waals surface area contributed by atoms with Crippen LogP contribution in [0.1, 0.15) is 37.0 Å². The van der Waals surface area contributed by atoms with Crippen LogP contribution in [0, 0.1) is 0 Å². The van der Waals surface area contributed by atoms with Crippen molar-refractivity contribution in [3.63, 3.8) is 0 Å². The predicted molar refractivity (Wildman–Crippen MR) is 102 cm³/mol. The molecule has 0 bridgehead atoms. The van der Waals surface area contributed by atoms with Gasteiger partial charge in [-0.25, -0.2) is 0 Å². The monoisotopic (exact) mass is 339 g/mol. The van der Waals surface area contributed by atoms with Crippen molar-refractivity contribution in [1.29, 1.82) is 0 Å². The van der Waals surface area contributed by atoms with Crippen molar-refractivity contribution in [3.05, 3.63) is 66.2 Å². The Morgan fingerprint density at radius 1 is 1.04 bits per heavy atom. The maximum absolute atomic E-state index is 12.7. The lowest BCUT2D eigenvalue weighted by Gasteiger charge is -2.14. The van der Waals surface area contributed by atoms with Gasteiger partial charge in [0.25, 0.3) is 5.91 Å². The Kier molecular flexibility index (Phi) is 7.08. The van der Waals surface area contributed by atoms with Gasteiger partial charge in [-0.05, 0) is 43.2 Å². The first-order chi connectivity index (χ1) is 12.1. The summed E-state index contributed by atoms with van der Waals surface area (Å²) < 4.78 is 11.4. The highest BCUT2D eigenvalue weighted by atomic mass is 16.5. The van der Waals surface area contributed by atoms with Gasteiger partial charge >= 0.3 is 0 Å². The molecule has 0 fully saturated rings. The van der Waals surface area contributed by atoms with Gasteiger partial charge in [-0.3, -0.25) is 4.79 Å². The van der Waals surface area contributed by atoms with Gasteiger partial charge < -0.3 is 14.8 Å². The molecule has 1 amide bonds. The first-order valence-electron chi connectivity index (χ1n) is 8.51. The zero-order chi connectivity index (χ0) is 18.1. The van der Waals surface area contributed by atoms with Gasteiger partial charge in [-0.1, -0.05) is 44.2 Å². The molecule has 25 heavy (non-hydrogen) atoms. The predicted octanol–water partition coefficient (Wildman–Crippen LogP) is 5.07. The van der Waals surface area contributed by atoms with Crippen molar-refractivity contribution in [2.45, 2.75) is 26.7 Å². The lowest BCUT2D eigenvalue weighted by Crippen LogP contribution is -2.15. The Hall–Kier alpha value is -2.75. The molecule has 0 unspecified atom stereocenters. The van der Waals surface area contributed by atoms with Crippen molar-refractivity contribution < 1.29 is 14.3 Å². The van der Waals surface area contributed by atoms with Crippen LogP contribution in [0.25, 0.3) is 0 Å². The summed E-state index contributed by atoms with van der Waals surface area (Å²) in [6, 6.07) is 14.6. The molecule has 0 aliphatic carbocycles. The van der Waals surface area contributed by atoms with Crippen LogP contribution in [0.2, 0.25) is 0 Å². The van der Waals surface area contributed by atoms with Crippen LogP contribution in [0.4, 0.5) is 5.69 Å². The fraction of sp³-hybridized carbons (Fsp3) is 0.286. The summed E-state index contributed by atoms with van der Waals surface area (Å²) in [7, 11) is 0. The third-order valence-corrected chi connectivity index (χ3v) is 3.50. The minimum Gasteiger partial charge on any atom is -0.491 e. The molecular formula is C21H25NO3. The number of benzene rings is 2. The zero-order valence-electron chi connectivity index (χ0n) is 14.9. The molecule has 0 radical (unpaired) electrons. The molecule has 132 valence electrons. The van der Waals surface area contributed by atoms with Gasteiger partial charge in [0.05, 0.1) is 17.9 Å². The number of unbranched alkanes of at least 4 members (excludes halogenated alkanes) is 1. The van der Waals surface area contributed by atoms with E-state index in [4.69, 9.17) is 9.47 Å². The summed E-state index contributed by atoms with van der Waals surface area (Å²) >= 11 is 0. The standard InChI is InChI=1S/C21H25NO3/c1-4-5-14-24-20-13-9-7-11-18(20)22-21(23)17-10-6-8-12-19(17)25-15-16(2)3/h6-13H,2,4-5,14-15H2,1,3H3,(H,22,23). The third-order valence-electron chi connectivity index (χ3n) is 3.50. The third kappa shape index (κ3) is 5.68. The van der Waals surface area contributed by atoms with E-state index in [0.29, 0.717) is 36.0 Å². The first-order valence-corrected chi connectivity index (χ1v) is 8.51. The minimum absolute atomic E-state index is 0.233. The van der Waals surface area contributed by atoms with Gasteiger partial charge in [0.15, 0.2) is 0 Å². The average Bonchev–Trinajstić information content (AvgIpc) is 2.61. The number of hydrogen-bond acceptors (Lipinski definition) is 3. The lowest BCUT2D eigenvalue weighted by molar-refractivity contribution is 0.102. The van der Waals surface area contributed by atoms with Gasteiger partial charge in [0.1, 0.15) is 18.1 Å². The first kappa shape index (κ1) is 18.6. The van der Waals surface area contributed by atoms with Crippen molar-refractivity contribution in [2.75, 3.05) is 18.5 Å². The number of carbonyl (C=O) groups is 1. The molecule has 4 heteroatoms. The number of rotatable bonds is 9. The molecule has 0 spiro atoms. The van der Waals surface area contributed by atoms with E-state index in [1.165, 1.54) is 0 Å². The molecule has 0 aliphatic rings. The Morgan fingerprint density at radius 3 is 2.44 bits per heavy atom. The van der Waals surface area contributed by atoms with E-state index in [2.05, 4.69) is 18.8 Å². The zero-order valence-corrected chi connectivity index (χ0v) is 14.9. The SMILES string of the molecule is C=C(C)COc1ccccc1C(=O)Nc1ccccc1OCCCC. The Labute approximate surface area is 149 Å². The maximum atomic E-state index is 12.7. The van der Waals surface area contributed by atoms with Crippen molar-refractivity contribution >= 4 is 11.6 Å².